The molecule has 2 aromatic rings. The van der Waals surface area contributed by atoms with Crippen molar-refractivity contribution >= 4 is 17.4 Å². The van der Waals surface area contributed by atoms with Crippen LogP contribution in [0.2, 0.25) is 0 Å². The van der Waals surface area contributed by atoms with Gasteiger partial charge in [0.05, 0.1) is 13.2 Å². The first kappa shape index (κ1) is 20.4. The van der Waals surface area contributed by atoms with Crippen LogP contribution in [0.15, 0.2) is 36.4 Å². The van der Waals surface area contributed by atoms with E-state index >= 15 is 0 Å². The Kier molecular flexibility index (Phi) is 5.76. The van der Waals surface area contributed by atoms with Crippen molar-refractivity contribution in [2.24, 2.45) is 0 Å². The average molecular weight is 421 g/mol. The first-order valence-corrected chi connectivity index (χ1v) is 9.80. The minimum atomic E-state index is -4.51. The maximum atomic E-state index is 12.8. The molecule has 0 saturated carbocycles. The molecule has 0 atom stereocenters. The zero-order valence-corrected chi connectivity index (χ0v) is 16.3. The summed E-state index contributed by atoms with van der Waals surface area (Å²) in [6, 6.07) is 9.81. The second kappa shape index (κ2) is 8.47. The van der Waals surface area contributed by atoms with E-state index in [-0.39, 0.29) is 5.91 Å². The summed E-state index contributed by atoms with van der Waals surface area (Å²) in [4.78, 5) is 18.6. The Morgan fingerprint density at radius 1 is 0.833 bits per heavy atom. The van der Waals surface area contributed by atoms with Gasteiger partial charge in [-0.1, -0.05) is 0 Å². The Morgan fingerprint density at radius 3 is 2.07 bits per heavy atom. The van der Waals surface area contributed by atoms with E-state index in [1.807, 2.05) is 29.2 Å². The highest BCUT2D eigenvalue weighted by Gasteiger charge is 2.33. The van der Waals surface area contributed by atoms with Gasteiger partial charge in [0.25, 0.3) is 5.91 Å². The fourth-order valence-electron chi connectivity index (χ4n) is 3.60. The number of aromatic nitrogens is 2. The van der Waals surface area contributed by atoms with Crippen LogP contribution < -0.4 is 9.80 Å². The molecule has 2 fully saturated rings. The molecule has 0 bridgehead atoms. The van der Waals surface area contributed by atoms with Crippen LogP contribution in [0.3, 0.4) is 0 Å². The number of piperazine rings is 1. The Bertz CT molecular complexity index is 860. The van der Waals surface area contributed by atoms with Crippen molar-refractivity contribution in [2.45, 2.75) is 6.18 Å². The lowest BCUT2D eigenvalue weighted by Gasteiger charge is -2.35. The Labute approximate surface area is 172 Å². The predicted octanol–water partition coefficient (Wildman–Crippen LogP) is 2.29. The van der Waals surface area contributed by atoms with Crippen LogP contribution in [-0.2, 0) is 10.9 Å². The van der Waals surface area contributed by atoms with Gasteiger partial charge in [-0.25, -0.2) is 0 Å². The first-order valence-electron chi connectivity index (χ1n) is 9.80. The van der Waals surface area contributed by atoms with E-state index in [1.54, 1.807) is 4.90 Å². The highest BCUT2D eigenvalue weighted by Crippen LogP contribution is 2.27. The summed E-state index contributed by atoms with van der Waals surface area (Å²) in [5, 5.41) is 6.95. The van der Waals surface area contributed by atoms with Crippen LogP contribution in [0.1, 0.15) is 16.1 Å². The quantitative estimate of drug-likeness (QED) is 0.758. The van der Waals surface area contributed by atoms with Crippen LogP contribution in [0.25, 0.3) is 0 Å². The molecule has 1 aromatic carbocycles. The van der Waals surface area contributed by atoms with Gasteiger partial charge in [0.15, 0.2) is 11.5 Å². The molecule has 160 valence electrons. The Morgan fingerprint density at radius 2 is 1.50 bits per heavy atom. The number of hydrogen-bond acceptors (Lipinski definition) is 6. The molecule has 10 heteroatoms. The molecule has 0 aliphatic carbocycles. The Balaban J connectivity index is 1.34. The number of benzene rings is 1. The van der Waals surface area contributed by atoms with E-state index in [2.05, 4.69) is 15.1 Å². The second-order valence-electron chi connectivity index (χ2n) is 7.20. The molecule has 0 radical (unpaired) electrons. The SMILES string of the molecule is O=C(c1ccc(N2CCOCC2)cc1)N1CCN(c2ccc(C(F)(F)F)nn2)CC1. The summed E-state index contributed by atoms with van der Waals surface area (Å²) in [6.45, 7) is 4.97. The van der Waals surface area contributed by atoms with Crippen molar-refractivity contribution in [3.63, 3.8) is 0 Å². The minimum Gasteiger partial charge on any atom is -0.378 e. The highest BCUT2D eigenvalue weighted by atomic mass is 19.4. The zero-order valence-electron chi connectivity index (χ0n) is 16.3. The number of nitrogens with zero attached hydrogens (tertiary/aromatic N) is 5. The van der Waals surface area contributed by atoms with Gasteiger partial charge in [0.1, 0.15) is 0 Å². The van der Waals surface area contributed by atoms with Gasteiger partial charge in [-0.2, -0.15) is 13.2 Å². The van der Waals surface area contributed by atoms with Crippen molar-refractivity contribution in [3.05, 3.63) is 47.7 Å². The van der Waals surface area contributed by atoms with Gasteiger partial charge < -0.3 is 19.4 Å². The van der Waals surface area contributed by atoms with Crippen molar-refractivity contribution in [1.29, 1.82) is 0 Å². The first-order chi connectivity index (χ1) is 14.4. The minimum absolute atomic E-state index is 0.0540. The standard InChI is InChI=1S/C20H22F3N5O2/c21-20(22,23)17-5-6-18(25-24-17)27-7-9-28(10-8-27)19(29)15-1-3-16(4-2-15)26-11-13-30-14-12-26/h1-6H,7-14H2. The molecule has 2 saturated heterocycles. The molecule has 1 aromatic heterocycles. The zero-order chi connectivity index (χ0) is 21.1. The van der Waals surface area contributed by atoms with E-state index in [0.717, 1.165) is 24.8 Å². The van der Waals surface area contributed by atoms with Crippen LogP contribution in [-0.4, -0.2) is 73.5 Å². The predicted molar refractivity (Wildman–Crippen MR) is 105 cm³/mol. The fraction of sp³-hybridized carbons (Fsp3) is 0.450. The third kappa shape index (κ3) is 4.48. The van der Waals surface area contributed by atoms with Crippen molar-refractivity contribution in [2.75, 3.05) is 62.3 Å². The number of amides is 1. The number of morpholine rings is 1. The number of carbonyl (C=O) groups is 1. The topological polar surface area (TPSA) is 61.8 Å². The summed E-state index contributed by atoms with van der Waals surface area (Å²) in [5.41, 5.74) is 0.677. The molecular weight excluding hydrogens is 399 g/mol. The largest absolute Gasteiger partial charge is 0.435 e. The summed E-state index contributed by atoms with van der Waals surface area (Å²) >= 11 is 0. The summed E-state index contributed by atoms with van der Waals surface area (Å²) < 4.78 is 43.2. The van der Waals surface area contributed by atoms with Gasteiger partial charge in [0, 0.05) is 50.5 Å². The van der Waals surface area contributed by atoms with E-state index < -0.39 is 11.9 Å². The molecule has 4 rings (SSSR count). The highest BCUT2D eigenvalue weighted by molar-refractivity contribution is 5.94. The third-order valence-corrected chi connectivity index (χ3v) is 5.32. The number of alkyl halides is 3. The summed E-state index contributed by atoms with van der Waals surface area (Å²) in [6.07, 6.45) is -4.51. The van der Waals surface area contributed by atoms with E-state index in [9.17, 15) is 18.0 Å². The second-order valence-corrected chi connectivity index (χ2v) is 7.20. The number of carbonyl (C=O) groups excluding carboxylic acids is 1. The number of anilines is 2. The smallest absolute Gasteiger partial charge is 0.378 e. The van der Waals surface area contributed by atoms with E-state index in [1.165, 1.54) is 6.07 Å². The van der Waals surface area contributed by atoms with Crippen molar-refractivity contribution in [3.8, 4) is 0 Å². The normalized spacial score (nSPS) is 17.9. The van der Waals surface area contributed by atoms with Crippen LogP contribution in [0, 0.1) is 0 Å². The fourth-order valence-corrected chi connectivity index (χ4v) is 3.60. The average Bonchev–Trinajstić information content (AvgIpc) is 2.79. The molecule has 0 spiro atoms. The molecule has 1 amide bonds. The summed E-state index contributed by atoms with van der Waals surface area (Å²) in [5.74, 6) is 0.326. The maximum absolute atomic E-state index is 12.8. The van der Waals surface area contributed by atoms with Crippen LogP contribution >= 0.6 is 0 Å². The Hall–Kier alpha value is -2.88. The molecule has 3 heterocycles. The molecule has 30 heavy (non-hydrogen) atoms. The molecule has 0 unspecified atom stereocenters. The number of halogens is 3. The summed E-state index contributed by atoms with van der Waals surface area (Å²) in [7, 11) is 0. The molecule has 2 aliphatic heterocycles. The van der Waals surface area contributed by atoms with Crippen LogP contribution in [0.5, 0.6) is 0 Å². The van der Waals surface area contributed by atoms with Crippen molar-refractivity contribution < 1.29 is 22.7 Å². The lowest BCUT2D eigenvalue weighted by atomic mass is 10.1. The molecule has 0 N–H and O–H groups in total. The molecule has 2 aliphatic rings. The lowest BCUT2D eigenvalue weighted by molar-refractivity contribution is -0.141. The maximum Gasteiger partial charge on any atom is 0.435 e. The van der Waals surface area contributed by atoms with Crippen LogP contribution in [0.4, 0.5) is 24.7 Å². The monoisotopic (exact) mass is 421 g/mol. The van der Waals surface area contributed by atoms with Gasteiger partial charge >= 0.3 is 6.18 Å². The number of ether oxygens (including phenoxy) is 1. The molecule has 7 nitrogen and oxygen atoms in total. The van der Waals surface area contributed by atoms with Gasteiger partial charge in [-0.05, 0) is 36.4 Å². The van der Waals surface area contributed by atoms with Crippen molar-refractivity contribution in [1.82, 2.24) is 15.1 Å². The number of rotatable bonds is 3. The molecular formula is C20H22F3N5O2. The number of hydrogen-bond donors (Lipinski definition) is 0. The van der Waals surface area contributed by atoms with Gasteiger partial charge in [-0.15, -0.1) is 10.2 Å². The third-order valence-electron chi connectivity index (χ3n) is 5.32. The van der Waals surface area contributed by atoms with Gasteiger partial charge in [0.2, 0.25) is 0 Å². The lowest BCUT2D eigenvalue weighted by Crippen LogP contribution is -2.49. The van der Waals surface area contributed by atoms with E-state index in [4.69, 9.17) is 4.74 Å². The van der Waals surface area contributed by atoms with Gasteiger partial charge in [-0.3, -0.25) is 4.79 Å². The van der Waals surface area contributed by atoms with E-state index in [0.29, 0.717) is 50.8 Å².